The quantitative estimate of drug-likeness (QED) is 0.527. The van der Waals surface area contributed by atoms with Gasteiger partial charge in [0.25, 0.3) is 10.2 Å². The van der Waals surface area contributed by atoms with Crippen molar-refractivity contribution in [3.05, 3.63) is 0 Å². The van der Waals surface area contributed by atoms with E-state index in [9.17, 15) is 8.42 Å². The number of hydrogen-bond acceptors (Lipinski definition) is 4. The molecule has 19 heavy (non-hydrogen) atoms. The summed E-state index contributed by atoms with van der Waals surface area (Å²) in [6.45, 7) is 1.02. The van der Waals surface area contributed by atoms with Gasteiger partial charge < -0.3 is 10.5 Å². The number of likely N-dealkylation sites (N-methyl/N-ethyl adjacent to an activating group) is 1. The van der Waals surface area contributed by atoms with Gasteiger partial charge in [-0.15, -0.1) is 0 Å². The number of nitrogens with two attached hydrogens (primary N) is 1. The molecule has 0 radical (unpaired) electrons. The summed E-state index contributed by atoms with van der Waals surface area (Å²) in [6.07, 6.45) is 6.07. The van der Waals surface area contributed by atoms with E-state index in [1.54, 1.807) is 14.2 Å². The molecule has 0 bridgehead atoms. The van der Waals surface area contributed by atoms with Crippen LogP contribution >= 0.6 is 0 Å². The zero-order valence-corrected chi connectivity index (χ0v) is 12.8. The molecule has 3 N–H and O–H groups in total. The van der Waals surface area contributed by atoms with Crippen LogP contribution in [0.15, 0.2) is 0 Å². The van der Waals surface area contributed by atoms with Crippen LogP contribution in [0, 0.1) is 0 Å². The number of methoxy groups -OCH3 is 1. The Morgan fingerprint density at radius 1 is 1.26 bits per heavy atom. The second-order valence-corrected chi connectivity index (χ2v) is 6.99. The fourth-order valence-electron chi connectivity index (χ4n) is 2.66. The Morgan fingerprint density at radius 2 is 1.84 bits per heavy atom. The molecular weight excluding hydrogens is 266 g/mol. The predicted molar refractivity (Wildman–Crippen MR) is 76.0 cm³/mol. The third-order valence-electron chi connectivity index (χ3n) is 4.03. The third kappa shape index (κ3) is 4.39. The van der Waals surface area contributed by atoms with Crippen molar-refractivity contribution in [2.45, 2.75) is 44.1 Å². The molecule has 0 atom stereocenters. The molecule has 0 aliphatic heterocycles. The van der Waals surface area contributed by atoms with E-state index in [0.717, 1.165) is 38.5 Å². The van der Waals surface area contributed by atoms with E-state index >= 15 is 0 Å². The zero-order chi connectivity index (χ0) is 14.4. The number of nitrogens with zero attached hydrogens (tertiary/aromatic N) is 1. The van der Waals surface area contributed by atoms with Crippen LogP contribution in [-0.2, 0) is 14.9 Å². The first-order valence-electron chi connectivity index (χ1n) is 6.91. The van der Waals surface area contributed by atoms with Gasteiger partial charge >= 0.3 is 0 Å². The number of nitrogens with one attached hydrogen (secondary N) is 1. The number of hydrogen-bond donors (Lipinski definition) is 2. The zero-order valence-electron chi connectivity index (χ0n) is 12.0. The van der Waals surface area contributed by atoms with Gasteiger partial charge in [0.15, 0.2) is 0 Å². The summed E-state index contributed by atoms with van der Waals surface area (Å²) in [5.74, 6) is 0. The summed E-state index contributed by atoms with van der Waals surface area (Å²) in [6, 6.07) is 0. The van der Waals surface area contributed by atoms with E-state index in [-0.39, 0.29) is 6.54 Å². The Kier molecular flexibility index (Phi) is 6.68. The van der Waals surface area contributed by atoms with Crippen LogP contribution in [0.5, 0.6) is 0 Å². The molecule has 114 valence electrons. The van der Waals surface area contributed by atoms with Crippen molar-refractivity contribution in [2.75, 3.05) is 33.9 Å². The highest BCUT2D eigenvalue weighted by Crippen LogP contribution is 2.32. The molecule has 0 spiro atoms. The molecule has 0 amide bonds. The fourth-order valence-corrected chi connectivity index (χ4v) is 3.96. The standard InChI is InChI=1S/C12H27N3O3S/c1-15(19(16,17)14-9-10-18-2)12(11-13)7-5-3-4-6-8-12/h14H,3-11,13H2,1-2H3. The first-order valence-corrected chi connectivity index (χ1v) is 8.35. The average molecular weight is 293 g/mol. The van der Waals surface area contributed by atoms with Crippen molar-refractivity contribution in [1.82, 2.24) is 9.03 Å². The lowest BCUT2D eigenvalue weighted by Crippen LogP contribution is -2.57. The summed E-state index contributed by atoms with van der Waals surface area (Å²) in [5.41, 5.74) is 5.47. The van der Waals surface area contributed by atoms with E-state index in [1.807, 2.05) is 0 Å². The predicted octanol–water partition coefficient (Wildman–Crippen LogP) is 0.451. The van der Waals surface area contributed by atoms with E-state index in [0.29, 0.717) is 13.2 Å². The van der Waals surface area contributed by atoms with Gasteiger partial charge in [-0.3, -0.25) is 0 Å². The Bertz CT molecular complexity index is 351. The third-order valence-corrected chi connectivity index (χ3v) is 5.71. The lowest BCUT2D eigenvalue weighted by Gasteiger charge is -2.39. The van der Waals surface area contributed by atoms with Crippen LogP contribution in [0.4, 0.5) is 0 Å². The maximum atomic E-state index is 12.3. The molecule has 0 saturated heterocycles. The van der Waals surface area contributed by atoms with Crippen LogP contribution in [0.2, 0.25) is 0 Å². The minimum absolute atomic E-state index is 0.282. The van der Waals surface area contributed by atoms with Gasteiger partial charge in [-0.25, -0.2) is 0 Å². The molecule has 1 aliphatic rings. The molecule has 6 nitrogen and oxygen atoms in total. The van der Waals surface area contributed by atoms with Crippen molar-refractivity contribution in [2.24, 2.45) is 5.73 Å². The van der Waals surface area contributed by atoms with Gasteiger partial charge in [0.1, 0.15) is 0 Å². The first kappa shape index (κ1) is 16.8. The minimum atomic E-state index is -3.50. The monoisotopic (exact) mass is 293 g/mol. The molecule has 1 rings (SSSR count). The van der Waals surface area contributed by atoms with Crippen molar-refractivity contribution in [3.8, 4) is 0 Å². The number of rotatable bonds is 7. The van der Waals surface area contributed by atoms with Crippen LogP contribution in [0.25, 0.3) is 0 Å². The summed E-state index contributed by atoms with van der Waals surface area (Å²) in [5, 5.41) is 0. The molecule has 0 aromatic rings. The topological polar surface area (TPSA) is 84.7 Å². The smallest absolute Gasteiger partial charge is 0.279 e. The lowest BCUT2D eigenvalue weighted by atomic mass is 9.90. The second kappa shape index (κ2) is 7.54. The van der Waals surface area contributed by atoms with Gasteiger partial charge in [-0.05, 0) is 12.8 Å². The van der Waals surface area contributed by atoms with E-state index in [4.69, 9.17) is 10.5 Å². The van der Waals surface area contributed by atoms with Crippen LogP contribution in [0.3, 0.4) is 0 Å². The largest absolute Gasteiger partial charge is 0.383 e. The summed E-state index contributed by atoms with van der Waals surface area (Å²) in [4.78, 5) is 0. The molecule has 1 aliphatic carbocycles. The maximum absolute atomic E-state index is 12.3. The van der Waals surface area contributed by atoms with Crippen molar-refractivity contribution >= 4 is 10.2 Å². The molecule has 7 heteroatoms. The highest BCUT2D eigenvalue weighted by atomic mass is 32.2. The van der Waals surface area contributed by atoms with Crippen LogP contribution in [0.1, 0.15) is 38.5 Å². The SMILES string of the molecule is COCCNS(=O)(=O)N(C)C1(CN)CCCCCC1. The maximum Gasteiger partial charge on any atom is 0.279 e. The molecule has 0 heterocycles. The van der Waals surface area contributed by atoms with Crippen molar-refractivity contribution in [3.63, 3.8) is 0 Å². The highest BCUT2D eigenvalue weighted by molar-refractivity contribution is 7.87. The highest BCUT2D eigenvalue weighted by Gasteiger charge is 2.39. The lowest BCUT2D eigenvalue weighted by molar-refractivity contribution is 0.187. The average Bonchev–Trinajstić information content (AvgIpc) is 2.64. The van der Waals surface area contributed by atoms with Crippen LogP contribution < -0.4 is 10.5 Å². The van der Waals surface area contributed by atoms with E-state index < -0.39 is 15.7 Å². The van der Waals surface area contributed by atoms with Gasteiger partial charge in [0.05, 0.1) is 6.61 Å². The Balaban J connectivity index is 2.78. The van der Waals surface area contributed by atoms with Gasteiger partial charge in [-0.1, -0.05) is 25.7 Å². The first-order chi connectivity index (χ1) is 8.98. The summed E-state index contributed by atoms with van der Waals surface area (Å²) >= 11 is 0. The molecule has 0 aromatic carbocycles. The van der Waals surface area contributed by atoms with Crippen molar-refractivity contribution < 1.29 is 13.2 Å². The minimum Gasteiger partial charge on any atom is -0.383 e. The Morgan fingerprint density at radius 3 is 2.32 bits per heavy atom. The van der Waals surface area contributed by atoms with Gasteiger partial charge in [-0.2, -0.15) is 17.4 Å². The summed E-state index contributed by atoms with van der Waals surface area (Å²) < 4.78 is 33.4. The normalized spacial score (nSPS) is 20.4. The molecule has 0 unspecified atom stereocenters. The molecular formula is C12H27N3O3S. The number of ether oxygens (including phenoxy) is 1. The molecule has 0 aromatic heterocycles. The van der Waals surface area contributed by atoms with E-state index in [1.165, 1.54) is 4.31 Å². The van der Waals surface area contributed by atoms with Gasteiger partial charge in [0, 0.05) is 32.8 Å². The summed E-state index contributed by atoms with van der Waals surface area (Å²) in [7, 11) is -0.317. The fraction of sp³-hybridized carbons (Fsp3) is 1.00. The van der Waals surface area contributed by atoms with E-state index in [2.05, 4.69) is 4.72 Å². The Labute approximate surface area is 116 Å². The molecule has 1 saturated carbocycles. The van der Waals surface area contributed by atoms with Crippen molar-refractivity contribution in [1.29, 1.82) is 0 Å². The van der Waals surface area contributed by atoms with Gasteiger partial charge in [0.2, 0.25) is 0 Å². The Hall–Kier alpha value is -0.210. The second-order valence-electron chi connectivity index (χ2n) is 5.20. The van der Waals surface area contributed by atoms with Crippen LogP contribution in [-0.4, -0.2) is 52.1 Å². The molecule has 1 fully saturated rings.